The van der Waals surface area contributed by atoms with Crippen molar-refractivity contribution in [2.24, 2.45) is 5.92 Å². The second-order valence-corrected chi connectivity index (χ2v) is 8.23. The number of piperazine rings is 1. The van der Waals surface area contributed by atoms with Gasteiger partial charge in [-0.2, -0.15) is 5.10 Å². The van der Waals surface area contributed by atoms with Crippen molar-refractivity contribution in [1.82, 2.24) is 19.6 Å². The van der Waals surface area contributed by atoms with E-state index in [0.717, 1.165) is 18.4 Å². The number of hydrogen-bond acceptors (Lipinski definition) is 4. The zero-order chi connectivity index (χ0) is 21.4. The molecule has 0 atom stereocenters. The third-order valence-electron chi connectivity index (χ3n) is 6.05. The molecule has 3 aromatic rings. The fraction of sp³-hybridized carbons (Fsp3) is 0.333. The summed E-state index contributed by atoms with van der Waals surface area (Å²) in [6, 6.07) is 16.7. The maximum atomic E-state index is 13.4. The molecule has 1 aliphatic heterocycles. The highest BCUT2D eigenvalue weighted by Gasteiger charge is 2.35. The van der Waals surface area contributed by atoms with E-state index in [0.29, 0.717) is 43.5 Å². The van der Waals surface area contributed by atoms with Crippen LogP contribution in [0.2, 0.25) is 0 Å². The molecule has 2 aromatic carbocycles. The number of fused-ring (bicyclic) bond motifs is 1. The number of carbonyl (C=O) groups is 2. The van der Waals surface area contributed by atoms with Crippen molar-refractivity contribution in [1.29, 1.82) is 0 Å². The van der Waals surface area contributed by atoms with E-state index in [2.05, 4.69) is 5.10 Å². The lowest BCUT2D eigenvalue weighted by molar-refractivity contribution is -0.134. The Morgan fingerprint density at radius 1 is 0.839 bits per heavy atom. The topological polar surface area (TPSA) is 75.5 Å². The third-order valence-corrected chi connectivity index (χ3v) is 6.05. The average molecular weight is 416 g/mol. The second-order valence-electron chi connectivity index (χ2n) is 8.23. The van der Waals surface area contributed by atoms with E-state index in [9.17, 15) is 14.4 Å². The number of hydrogen-bond donors (Lipinski definition) is 0. The van der Waals surface area contributed by atoms with Crippen LogP contribution in [0.25, 0.3) is 10.8 Å². The maximum absolute atomic E-state index is 13.4. The largest absolute Gasteiger partial charge is 0.339 e. The van der Waals surface area contributed by atoms with Gasteiger partial charge in [-0.25, -0.2) is 4.68 Å². The van der Waals surface area contributed by atoms with E-state index in [1.807, 2.05) is 41.3 Å². The number of nitrogens with zero attached hydrogens (tertiary/aromatic N) is 4. The Bertz CT molecular complexity index is 1190. The van der Waals surface area contributed by atoms with Crippen LogP contribution in [-0.4, -0.2) is 57.6 Å². The molecule has 0 N–H and O–H groups in total. The molecule has 1 aliphatic carbocycles. The minimum Gasteiger partial charge on any atom is -0.339 e. The fourth-order valence-electron chi connectivity index (χ4n) is 4.12. The monoisotopic (exact) mass is 416 g/mol. The predicted octanol–water partition coefficient (Wildman–Crippen LogP) is 2.14. The Morgan fingerprint density at radius 3 is 2.13 bits per heavy atom. The van der Waals surface area contributed by atoms with E-state index in [-0.39, 0.29) is 29.0 Å². The lowest BCUT2D eigenvalue weighted by atomic mass is 10.1. The van der Waals surface area contributed by atoms with Gasteiger partial charge in [0.2, 0.25) is 5.91 Å². The summed E-state index contributed by atoms with van der Waals surface area (Å²) in [6.45, 7) is 2.34. The van der Waals surface area contributed by atoms with Crippen LogP contribution < -0.4 is 5.56 Å². The van der Waals surface area contributed by atoms with E-state index in [1.54, 1.807) is 23.1 Å². The third kappa shape index (κ3) is 3.83. The summed E-state index contributed by atoms with van der Waals surface area (Å²) in [6.07, 6.45) is 1.97. The SMILES string of the molecule is O=C(c1nn(Cc2ccccc2)c(=O)c2ccccc12)N1CCN(C(=O)C2CC2)CC1. The van der Waals surface area contributed by atoms with Crippen molar-refractivity contribution < 1.29 is 9.59 Å². The van der Waals surface area contributed by atoms with E-state index >= 15 is 0 Å². The van der Waals surface area contributed by atoms with Crippen LogP contribution in [-0.2, 0) is 11.3 Å². The lowest BCUT2D eigenvalue weighted by Crippen LogP contribution is -2.51. The smallest absolute Gasteiger partial charge is 0.275 e. The highest BCUT2D eigenvalue weighted by atomic mass is 16.2. The van der Waals surface area contributed by atoms with E-state index < -0.39 is 0 Å². The molecule has 2 amide bonds. The number of carbonyl (C=O) groups excluding carboxylic acids is 2. The molecule has 7 nitrogen and oxygen atoms in total. The van der Waals surface area contributed by atoms with Gasteiger partial charge in [0.25, 0.3) is 11.5 Å². The van der Waals surface area contributed by atoms with Gasteiger partial charge in [0.15, 0.2) is 5.69 Å². The van der Waals surface area contributed by atoms with Crippen LogP contribution in [0.1, 0.15) is 28.9 Å². The van der Waals surface area contributed by atoms with Gasteiger partial charge in [-0.15, -0.1) is 0 Å². The van der Waals surface area contributed by atoms with Gasteiger partial charge in [0, 0.05) is 37.5 Å². The summed E-state index contributed by atoms with van der Waals surface area (Å²) in [4.78, 5) is 42.3. The van der Waals surface area contributed by atoms with E-state index in [4.69, 9.17) is 0 Å². The van der Waals surface area contributed by atoms with Gasteiger partial charge in [-0.3, -0.25) is 14.4 Å². The van der Waals surface area contributed by atoms with Crippen LogP contribution in [0.4, 0.5) is 0 Å². The first kappa shape index (κ1) is 19.5. The van der Waals surface area contributed by atoms with Gasteiger partial charge in [-0.1, -0.05) is 48.5 Å². The summed E-state index contributed by atoms with van der Waals surface area (Å²) >= 11 is 0. The quantitative estimate of drug-likeness (QED) is 0.653. The first-order chi connectivity index (χ1) is 15.1. The van der Waals surface area contributed by atoms with Crippen LogP contribution in [0, 0.1) is 5.92 Å². The minimum atomic E-state index is -0.212. The maximum Gasteiger partial charge on any atom is 0.275 e. The summed E-state index contributed by atoms with van der Waals surface area (Å²) in [5, 5.41) is 5.55. The molecule has 0 spiro atoms. The average Bonchev–Trinajstić information content (AvgIpc) is 3.66. The van der Waals surface area contributed by atoms with Crippen molar-refractivity contribution in [2.75, 3.05) is 26.2 Å². The Balaban J connectivity index is 1.44. The highest BCUT2D eigenvalue weighted by molar-refractivity contribution is 6.04. The standard InChI is InChI=1S/C24H24N4O3/c29-22(18-10-11-18)26-12-14-27(15-13-26)24(31)21-19-8-4-5-9-20(19)23(30)28(25-21)16-17-6-2-1-3-7-17/h1-9,18H,10-16H2. The molecule has 0 unspecified atom stereocenters. The summed E-state index contributed by atoms with van der Waals surface area (Å²) < 4.78 is 1.37. The van der Waals surface area contributed by atoms with Crippen molar-refractivity contribution in [3.05, 3.63) is 76.2 Å². The van der Waals surface area contributed by atoms with Gasteiger partial charge >= 0.3 is 0 Å². The second kappa shape index (κ2) is 7.98. The molecule has 31 heavy (non-hydrogen) atoms. The number of benzene rings is 2. The van der Waals surface area contributed by atoms with Crippen LogP contribution in [0.3, 0.4) is 0 Å². The zero-order valence-electron chi connectivity index (χ0n) is 17.2. The molecular formula is C24H24N4O3. The van der Waals surface area contributed by atoms with Crippen molar-refractivity contribution in [3.63, 3.8) is 0 Å². The summed E-state index contributed by atoms with van der Waals surface area (Å²) in [5.74, 6) is 0.207. The Labute approximate surface area is 179 Å². The molecule has 0 bridgehead atoms. The number of amides is 2. The molecule has 5 rings (SSSR count). The number of rotatable bonds is 4. The number of aromatic nitrogens is 2. The normalized spacial score (nSPS) is 16.5. The molecule has 0 radical (unpaired) electrons. The van der Waals surface area contributed by atoms with Crippen molar-refractivity contribution in [3.8, 4) is 0 Å². The molecular weight excluding hydrogens is 392 g/mol. The van der Waals surface area contributed by atoms with Crippen molar-refractivity contribution >= 4 is 22.6 Å². The van der Waals surface area contributed by atoms with Gasteiger partial charge in [0.1, 0.15) is 0 Å². The van der Waals surface area contributed by atoms with Crippen LogP contribution in [0.5, 0.6) is 0 Å². The van der Waals surface area contributed by atoms with Gasteiger partial charge in [0.05, 0.1) is 11.9 Å². The highest BCUT2D eigenvalue weighted by Crippen LogP contribution is 2.31. The predicted molar refractivity (Wildman–Crippen MR) is 117 cm³/mol. The van der Waals surface area contributed by atoms with Gasteiger partial charge in [-0.05, 0) is 24.5 Å². The molecule has 158 valence electrons. The summed E-state index contributed by atoms with van der Waals surface area (Å²) in [7, 11) is 0. The first-order valence-corrected chi connectivity index (χ1v) is 10.7. The Morgan fingerprint density at radius 2 is 1.45 bits per heavy atom. The minimum absolute atomic E-state index is 0.189. The van der Waals surface area contributed by atoms with E-state index in [1.165, 1.54) is 4.68 Å². The molecule has 7 heteroatoms. The zero-order valence-corrected chi connectivity index (χ0v) is 17.2. The van der Waals surface area contributed by atoms with Gasteiger partial charge < -0.3 is 9.80 Å². The molecule has 2 aliphatic rings. The van der Waals surface area contributed by atoms with Crippen molar-refractivity contribution in [2.45, 2.75) is 19.4 Å². The van der Waals surface area contributed by atoms with Crippen LogP contribution >= 0.6 is 0 Å². The molecule has 1 saturated carbocycles. The summed E-state index contributed by atoms with van der Waals surface area (Å²) in [5.41, 5.74) is 1.02. The molecule has 1 aromatic heterocycles. The Kier molecular flexibility index (Phi) is 5.02. The molecule has 2 fully saturated rings. The Hall–Kier alpha value is -3.48. The molecule has 1 saturated heterocycles. The first-order valence-electron chi connectivity index (χ1n) is 10.7. The van der Waals surface area contributed by atoms with Crippen LogP contribution in [0.15, 0.2) is 59.4 Å². The fourth-order valence-corrected chi connectivity index (χ4v) is 4.12. The molecule has 2 heterocycles. The lowest BCUT2D eigenvalue weighted by Gasteiger charge is -2.34.